The Morgan fingerprint density at radius 3 is 2.17 bits per heavy atom. The van der Waals surface area contributed by atoms with Crippen LogP contribution in [0.4, 0.5) is 0 Å². The molecule has 0 unspecified atom stereocenters. The Morgan fingerprint density at radius 1 is 1.00 bits per heavy atom. The molecule has 70 valence electrons. The van der Waals surface area contributed by atoms with Crippen molar-refractivity contribution in [3.8, 4) is 0 Å². The van der Waals surface area contributed by atoms with Gasteiger partial charge in [-0.1, -0.05) is 15.9 Å². The summed E-state index contributed by atoms with van der Waals surface area (Å²) in [6.45, 7) is 3.04. The van der Waals surface area contributed by atoms with Crippen LogP contribution in [0.25, 0.3) is 0 Å². The maximum absolute atomic E-state index is 5.47. The molecule has 0 spiro atoms. The second kappa shape index (κ2) is 3.62. The molecule has 0 amide bonds. The second-order valence-electron chi connectivity index (χ2n) is 3.22. The molecule has 2 heterocycles. The van der Waals surface area contributed by atoms with Gasteiger partial charge in [-0.25, -0.2) is 0 Å². The Labute approximate surface area is 80.5 Å². The monoisotopic (exact) mass is 236 g/mol. The Kier molecular flexibility index (Phi) is 2.69. The second-order valence-corrected chi connectivity index (χ2v) is 4.80. The van der Waals surface area contributed by atoms with Crippen molar-refractivity contribution in [2.45, 2.75) is 23.5 Å². The maximum atomic E-state index is 5.47. The SMILES string of the molecule is BrC1(C2OCCO2)CCOCC1. The predicted octanol–water partition coefficient (Wildman–Crippen LogP) is 1.30. The summed E-state index contributed by atoms with van der Waals surface area (Å²) in [5.74, 6) is 0. The van der Waals surface area contributed by atoms with E-state index in [9.17, 15) is 0 Å². The Bertz CT molecular complexity index is 150. The van der Waals surface area contributed by atoms with E-state index in [-0.39, 0.29) is 10.6 Å². The molecule has 0 bridgehead atoms. The summed E-state index contributed by atoms with van der Waals surface area (Å²) in [6.07, 6.45) is 1.87. The van der Waals surface area contributed by atoms with Gasteiger partial charge in [-0.05, 0) is 12.8 Å². The molecule has 2 rings (SSSR count). The van der Waals surface area contributed by atoms with E-state index in [0.29, 0.717) is 0 Å². The van der Waals surface area contributed by atoms with Crippen molar-refractivity contribution < 1.29 is 14.2 Å². The highest BCUT2D eigenvalue weighted by Crippen LogP contribution is 2.37. The van der Waals surface area contributed by atoms with E-state index in [1.807, 2.05) is 0 Å². The summed E-state index contributed by atoms with van der Waals surface area (Å²) in [5, 5.41) is 0. The van der Waals surface area contributed by atoms with Crippen molar-refractivity contribution in [2.24, 2.45) is 0 Å². The van der Waals surface area contributed by atoms with Crippen molar-refractivity contribution >= 4 is 15.9 Å². The van der Waals surface area contributed by atoms with Gasteiger partial charge in [0.25, 0.3) is 0 Å². The molecular formula is C8H13BrO3. The van der Waals surface area contributed by atoms with E-state index in [1.54, 1.807) is 0 Å². The number of hydrogen-bond acceptors (Lipinski definition) is 3. The normalized spacial score (nSPS) is 30.8. The van der Waals surface area contributed by atoms with Crippen molar-refractivity contribution in [3.63, 3.8) is 0 Å². The van der Waals surface area contributed by atoms with Gasteiger partial charge < -0.3 is 14.2 Å². The summed E-state index contributed by atoms with van der Waals surface area (Å²) >= 11 is 3.69. The average molecular weight is 237 g/mol. The Morgan fingerprint density at radius 2 is 1.58 bits per heavy atom. The van der Waals surface area contributed by atoms with E-state index >= 15 is 0 Å². The first kappa shape index (κ1) is 8.94. The first-order valence-corrected chi connectivity index (χ1v) is 5.10. The highest BCUT2D eigenvalue weighted by Gasteiger charge is 2.41. The zero-order chi connectivity index (χ0) is 8.44. The molecule has 0 aliphatic carbocycles. The van der Waals surface area contributed by atoms with E-state index in [2.05, 4.69) is 15.9 Å². The molecule has 2 fully saturated rings. The smallest absolute Gasteiger partial charge is 0.173 e. The summed E-state index contributed by atoms with van der Waals surface area (Å²) in [7, 11) is 0. The summed E-state index contributed by atoms with van der Waals surface area (Å²) in [5.41, 5.74) is 0. The van der Waals surface area contributed by atoms with Gasteiger partial charge in [0.2, 0.25) is 0 Å². The van der Waals surface area contributed by atoms with Crippen molar-refractivity contribution in [2.75, 3.05) is 26.4 Å². The van der Waals surface area contributed by atoms with Gasteiger partial charge in [0.05, 0.1) is 17.5 Å². The van der Waals surface area contributed by atoms with Gasteiger partial charge >= 0.3 is 0 Å². The van der Waals surface area contributed by atoms with Gasteiger partial charge in [0.15, 0.2) is 6.29 Å². The zero-order valence-corrected chi connectivity index (χ0v) is 8.51. The minimum absolute atomic E-state index is 0.00174. The molecule has 4 heteroatoms. The lowest BCUT2D eigenvalue weighted by Gasteiger charge is -2.34. The minimum Gasteiger partial charge on any atom is -0.381 e. The molecule has 12 heavy (non-hydrogen) atoms. The minimum atomic E-state index is -0.0681. The van der Waals surface area contributed by atoms with E-state index in [0.717, 1.165) is 39.3 Å². The van der Waals surface area contributed by atoms with Crippen LogP contribution in [0.5, 0.6) is 0 Å². The van der Waals surface area contributed by atoms with E-state index in [1.165, 1.54) is 0 Å². The zero-order valence-electron chi connectivity index (χ0n) is 6.92. The third-order valence-electron chi connectivity index (χ3n) is 2.37. The lowest BCUT2D eigenvalue weighted by atomic mass is 9.99. The topological polar surface area (TPSA) is 27.7 Å². The molecule has 0 aromatic heterocycles. The number of hydrogen-bond donors (Lipinski definition) is 0. The first-order valence-electron chi connectivity index (χ1n) is 4.31. The molecule has 2 aliphatic rings. The molecule has 3 nitrogen and oxygen atoms in total. The third kappa shape index (κ3) is 1.66. The summed E-state index contributed by atoms with van der Waals surface area (Å²) in [6, 6.07) is 0. The van der Waals surface area contributed by atoms with Crippen LogP contribution in [-0.2, 0) is 14.2 Å². The standard InChI is InChI=1S/C8H13BrO3/c9-8(1-3-10-4-2-8)7-11-5-6-12-7/h7H,1-6H2. The van der Waals surface area contributed by atoms with Crippen LogP contribution >= 0.6 is 15.9 Å². The molecular weight excluding hydrogens is 224 g/mol. The largest absolute Gasteiger partial charge is 0.381 e. The molecule has 0 aromatic rings. The van der Waals surface area contributed by atoms with Crippen LogP contribution in [0.15, 0.2) is 0 Å². The predicted molar refractivity (Wildman–Crippen MR) is 47.4 cm³/mol. The molecule has 2 aliphatic heterocycles. The van der Waals surface area contributed by atoms with Crippen LogP contribution in [0.3, 0.4) is 0 Å². The molecule has 0 radical (unpaired) electrons. The third-order valence-corrected chi connectivity index (χ3v) is 3.54. The summed E-state index contributed by atoms with van der Waals surface area (Å²) < 4.78 is 16.2. The molecule has 0 aromatic carbocycles. The first-order chi connectivity index (χ1) is 5.81. The van der Waals surface area contributed by atoms with Crippen LogP contribution in [-0.4, -0.2) is 37.0 Å². The van der Waals surface area contributed by atoms with Crippen molar-refractivity contribution in [3.05, 3.63) is 0 Å². The fraction of sp³-hybridized carbons (Fsp3) is 1.00. The molecule has 0 atom stereocenters. The Hall–Kier alpha value is 0.360. The van der Waals surface area contributed by atoms with Gasteiger partial charge in [-0.3, -0.25) is 0 Å². The van der Waals surface area contributed by atoms with Crippen LogP contribution < -0.4 is 0 Å². The van der Waals surface area contributed by atoms with E-state index in [4.69, 9.17) is 14.2 Å². The number of rotatable bonds is 1. The fourth-order valence-corrected chi connectivity index (χ4v) is 2.19. The Balaban J connectivity index is 1.97. The average Bonchev–Trinajstić information content (AvgIpc) is 2.58. The lowest BCUT2D eigenvalue weighted by Crippen LogP contribution is -2.42. The van der Waals surface area contributed by atoms with Gasteiger partial charge in [0, 0.05) is 13.2 Å². The number of halogens is 1. The highest BCUT2D eigenvalue weighted by molar-refractivity contribution is 9.10. The highest BCUT2D eigenvalue weighted by atomic mass is 79.9. The molecule has 2 saturated heterocycles. The van der Waals surface area contributed by atoms with Gasteiger partial charge in [-0.2, -0.15) is 0 Å². The molecule has 0 saturated carbocycles. The maximum Gasteiger partial charge on any atom is 0.173 e. The number of alkyl halides is 1. The lowest BCUT2D eigenvalue weighted by molar-refractivity contribution is -0.0917. The van der Waals surface area contributed by atoms with Gasteiger partial charge in [-0.15, -0.1) is 0 Å². The quantitative estimate of drug-likeness (QED) is 0.643. The van der Waals surface area contributed by atoms with Gasteiger partial charge in [0.1, 0.15) is 0 Å². The summed E-state index contributed by atoms with van der Waals surface area (Å²) in [4.78, 5) is 0. The fourth-order valence-electron chi connectivity index (χ4n) is 1.60. The van der Waals surface area contributed by atoms with Crippen molar-refractivity contribution in [1.82, 2.24) is 0 Å². The molecule has 0 N–H and O–H groups in total. The van der Waals surface area contributed by atoms with Crippen molar-refractivity contribution in [1.29, 1.82) is 0 Å². The van der Waals surface area contributed by atoms with E-state index < -0.39 is 0 Å². The van der Waals surface area contributed by atoms with Crippen LogP contribution in [0.2, 0.25) is 0 Å². The van der Waals surface area contributed by atoms with Crippen LogP contribution in [0.1, 0.15) is 12.8 Å². The van der Waals surface area contributed by atoms with Crippen LogP contribution in [0, 0.1) is 0 Å². The number of ether oxygens (including phenoxy) is 3.